The lowest BCUT2D eigenvalue weighted by molar-refractivity contribution is -0.921. The molecule has 1 saturated heterocycles. The van der Waals surface area contributed by atoms with Gasteiger partial charge >= 0.3 is 0 Å². The first-order valence-corrected chi connectivity index (χ1v) is 8.64. The summed E-state index contributed by atoms with van der Waals surface area (Å²) in [6, 6.07) is 12.7. The number of benzene rings is 2. The summed E-state index contributed by atoms with van der Waals surface area (Å²) in [4.78, 5) is 13.8. The standard InChI is InChI=1S/C18H18Cl2N2O2/c19-16-6-5-15(11-17(16)20)21-18(23)14-3-1-13(2-4-14)12-22-7-9-24-10-8-22/h1-6,11H,7-10,12H2,(H,21,23)/p+1. The van der Waals surface area contributed by atoms with Crippen molar-refractivity contribution >= 4 is 34.8 Å². The van der Waals surface area contributed by atoms with Crippen molar-refractivity contribution in [1.29, 1.82) is 0 Å². The Balaban J connectivity index is 1.61. The van der Waals surface area contributed by atoms with E-state index in [1.807, 2.05) is 24.3 Å². The van der Waals surface area contributed by atoms with Crippen LogP contribution < -0.4 is 10.2 Å². The van der Waals surface area contributed by atoms with E-state index in [0.29, 0.717) is 21.3 Å². The van der Waals surface area contributed by atoms with E-state index in [4.69, 9.17) is 27.9 Å². The van der Waals surface area contributed by atoms with E-state index in [1.165, 1.54) is 10.5 Å². The van der Waals surface area contributed by atoms with Crippen LogP contribution in [0.4, 0.5) is 5.69 Å². The number of quaternary nitrogens is 1. The molecule has 1 amide bonds. The predicted octanol–water partition coefficient (Wildman–Crippen LogP) is 2.66. The van der Waals surface area contributed by atoms with Crippen LogP contribution in [0.1, 0.15) is 15.9 Å². The number of hydrogen-bond donors (Lipinski definition) is 2. The predicted molar refractivity (Wildman–Crippen MR) is 96.1 cm³/mol. The molecule has 0 aromatic heterocycles. The van der Waals surface area contributed by atoms with Crippen molar-refractivity contribution in [3.63, 3.8) is 0 Å². The highest BCUT2D eigenvalue weighted by molar-refractivity contribution is 6.42. The van der Waals surface area contributed by atoms with E-state index in [1.54, 1.807) is 18.2 Å². The highest BCUT2D eigenvalue weighted by atomic mass is 35.5. The molecule has 0 spiro atoms. The summed E-state index contributed by atoms with van der Waals surface area (Å²) >= 11 is 11.8. The Morgan fingerprint density at radius 1 is 1.04 bits per heavy atom. The summed E-state index contributed by atoms with van der Waals surface area (Å²) in [6.45, 7) is 4.65. The molecule has 6 heteroatoms. The Bertz CT molecular complexity index is 713. The van der Waals surface area contributed by atoms with Gasteiger partial charge in [-0.1, -0.05) is 35.3 Å². The number of halogens is 2. The quantitative estimate of drug-likeness (QED) is 0.874. The van der Waals surface area contributed by atoms with E-state index in [9.17, 15) is 4.79 Å². The van der Waals surface area contributed by atoms with Gasteiger partial charge in [0.15, 0.2) is 0 Å². The first-order valence-electron chi connectivity index (χ1n) is 7.88. The van der Waals surface area contributed by atoms with Crippen molar-refractivity contribution in [2.75, 3.05) is 31.6 Å². The maximum Gasteiger partial charge on any atom is 0.255 e. The van der Waals surface area contributed by atoms with E-state index in [0.717, 1.165) is 32.8 Å². The van der Waals surface area contributed by atoms with Crippen LogP contribution in [0.15, 0.2) is 42.5 Å². The Labute approximate surface area is 151 Å². The van der Waals surface area contributed by atoms with Gasteiger partial charge in [-0.25, -0.2) is 0 Å². The van der Waals surface area contributed by atoms with Crippen molar-refractivity contribution in [3.05, 3.63) is 63.6 Å². The molecule has 3 rings (SSSR count). The molecule has 0 radical (unpaired) electrons. The minimum Gasteiger partial charge on any atom is -0.370 e. The summed E-state index contributed by atoms with van der Waals surface area (Å²) in [6.07, 6.45) is 0. The highest BCUT2D eigenvalue weighted by Crippen LogP contribution is 2.25. The summed E-state index contributed by atoms with van der Waals surface area (Å²) in [7, 11) is 0. The third kappa shape index (κ3) is 4.48. The normalized spacial score (nSPS) is 15.2. The van der Waals surface area contributed by atoms with Crippen LogP contribution in [0.3, 0.4) is 0 Å². The number of anilines is 1. The summed E-state index contributed by atoms with van der Waals surface area (Å²) < 4.78 is 5.37. The van der Waals surface area contributed by atoms with Crippen LogP contribution in [-0.4, -0.2) is 32.2 Å². The monoisotopic (exact) mass is 365 g/mol. The van der Waals surface area contributed by atoms with Crippen molar-refractivity contribution < 1.29 is 14.4 Å². The number of ether oxygens (including phenoxy) is 1. The van der Waals surface area contributed by atoms with Crippen molar-refractivity contribution in [1.82, 2.24) is 0 Å². The van der Waals surface area contributed by atoms with Gasteiger partial charge in [0, 0.05) is 16.8 Å². The van der Waals surface area contributed by atoms with E-state index in [-0.39, 0.29) is 5.91 Å². The fraction of sp³-hybridized carbons (Fsp3) is 0.278. The van der Waals surface area contributed by atoms with Gasteiger partial charge in [-0.15, -0.1) is 0 Å². The minimum absolute atomic E-state index is 0.168. The zero-order valence-electron chi connectivity index (χ0n) is 13.1. The molecule has 1 aliphatic rings. The van der Waals surface area contributed by atoms with Crippen LogP contribution in [0, 0.1) is 0 Å². The lowest BCUT2D eigenvalue weighted by Crippen LogP contribution is -3.12. The third-order valence-corrected chi connectivity index (χ3v) is 4.79. The van der Waals surface area contributed by atoms with Gasteiger partial charge in [-0.3, -0.25) is 4.79 Å². The molecule has 24 heavy (non-hydrogen) atoms. The zero-order chi connectivity index (χ0) is 16.9. The maximum absolute atomic E-state index is 12.3. The van der Waals surface area contributed by atoms with Gasteiger partial charge in [0.2, 0.25) is 0 Å². The second kappa shape index (κ2) is 7.99. The Morgan fingerprint density at radius 2 is 1.75 bits per heavy atom. The smallest absolute Gasteiger partial charge is 0.255 e. The molecule has 126 valence electrons. The lowest BCUT2D eigenvalue weighted by atomic mass is 10.1. The number of morpholine rings is 1. The molecule has 1 heterocycles. The van der Waals surface area contributed by atoms with Crippen LogP contribution in [-0.2, 0) is 11.3 Å². The number of nitrogens with one attached hydrogen (secondary N) is 2. The second-order valence-electron chi connectivity index (χ2n) is 5.82. The summed E-state index contributed by atoms with van der Waals surface area (Å²) in [5.74, 6) is -0.168. The molecule has 0 atom stereocenters. The van der Waals surface area contributed by atoms with Crippen LogP contribution in [0.5, 0.6) is 0 Å². The molecule has 0 unspecified atom stereocenters. The molecule has 2 N–H and O–H groups in total. The average molecular weight is 366 g/mol. The van der Waals surface area contributed by atoms with Gasteiger partial charge in [-0.2, -0.15) is 0 Å². The average Bonchev–Trinajstić information content (AvgIpc) is 2.60. The fourth-order valence-electron chi connectivity index (χ4n) is 2.68. The lowest BCUT2D eigenvalue weighted by Gasteiger charge is -2.23. The number of carbonyl (C=O) groups is 1. The zero-order valence-corrected chi connectivity index (χ0v) is 14.7. The first kappa shape index (κ1) is 17.2. The van der Waals surface area contributed by atoms with Gasteiger partial charge in [0.1, 0.15) is 19.6 Å². The molecular formula is C18H19Cl2N2O2+. The summed E-state index contributed by atoms with van der Waals surface area (Å²) in [5, 5.41) is 3.70. The Kier molecular flexibility index (Phi) is 5.74. The molecule has 2 aromatic carbocycles. The fourth-order valence-corrected chi connectivity index (χ4v) is 2.97. The van der Waals surface area contributed by atoms with Crippen molar-refractivity contribution in [2.45, 2.75) is 6.54 Å². The number of rotatable bonds is 4. The van der Waals surface area contributed by atoms with Gasteiger partial charge in [-0.05, 0) is 30.3 Å². The second-order valence-corrected chi connectivity index (χ2v) is 6.63. The van der Waals surface area contributed by atoms with Gasteiger partial charge in [0.05, 0.1) is 23.3 Å². The van der Waals surface area contributed by atoms with E-state index >= 15 is 0 Å². The van der Waals surface area contributed by atoms with Gasteiger partial charge in [0.25, 0.3) is 5.91 Å². The van der Waals surface area contributed by atoms with E-state index in [2.05, 4.69) is 5.32 Å². The van der Waals surface area contributed by atoms with Crippen molar-refractivity contribution in [3.8, 4) is 0 Å². The molecule has 0 bridgehead atoms. The topological polar surface area (TPSA) is 42.8 Å². The third-order valence-electron chi connectivity index (χ3n) is 4.05. The first-order chi connectivity index (χ1) is 11.6. The number of hydrogen-bond acceptors (Lipinski definition) is 2. The maximum atomic E-state index is 12.3. The SMILES string of the molecule is O=C(Nc1ccc(Cl)c(Cl)c1)c1ccc(C[NH+]2CCOCC2)cc1. The van der Waals surface area contributed by atoms with Gasteiger partial charge < -0.3 is 15.0 Å². The Morgan fingerprint density at radius 3 is 2.42 bits per heavy atom. The Hall–Kier alpha value is -1.59. The van der Waals surface area contributed by atoms with E-state index < -0.39 is 0 Å². The molecule has 1 aliphatic heterocycles. The van der Waals surface area contributed by atoms with Crippen LogP contribution in [0.2, 0.25) is 10.0 Å². The molecule has 4 nitrogen and oxygen atoms in total. The number of amides is 1. The highest BCUT2D eigenvalue weighted by Gasteiger charge is 2.14. The minimum atomic E-state index is -0.168. The van der Waals surface area contributed by atoms with Crippen LogP contribution in [0.25, 0.3) is 0 Å². The summed E-state index contributed by atoms with van der Waals surface area (Å²) in [5.41, 5.74) is 2.45. The molecule has 2 aromatic rings. The molecule has 0 saturated carbocycles. The molecule has 0 aliphatic carbocycles. The van der Waals surface area contributed by atoms with Crippen LogP contribution >= 0.6 is 23.2 Å². The molecule has 1 fully saturated rings. The molecular weight excluding hydrogens is 347 g/mol. The largest absolute Gasteiger partial charge is 0.370 e. The number of carbonyl (C=O) groups excluding carboxylic acids is 1. The van der Waals surface area contributed by atoms with Crippen molar-refractivity contribution in [2.24, 2.45) is 0 Å².